The zero-order valence-electron chi connectivity index (χ0n) is 10.4. The minimum atomic E-state index is 0.113. The first-order valence-corrected chi connectivity index (χ1v) is 7.45. The van der Waals surface area contributed by atoms with Gasteiger partial charge in [0, 0.05) is 34.9 Å². The third-order valence-electron chi connectivity index (χ3n) is 4.28. The van der Waals surface area contributed by atoms with Crippen molar-refractivity contribution in [2.45, 2.75) is 31.8 Å². The summed E-state index contributed by atoms with van der Waals surface area (Å²) < 4.78 is 6.99. The van der Waals surface area contributed by atoms with Gasteiger partial charge in [-0.15, -0.1) is 0 Å². The molecule has 2 atom stereocenters. The summed E-state index contributed by atoms with van der Waals surface area (Å²) in [4.78, 5) is 4.49. The first kappa shape index (κ1) is 12.6. The van der Waals surface area contributed by atoms with E-state index in [2.05, 4.69) is 33.0 Å². The highest BCUT2D eigenvalue weighted by Gasteiger charge is 2.50. The fraction of sp³-hybridized carbons (Fsp3) is 0.643. The lowest BCUT2D eigenvalue weighted by Gasteiger charge is -2.32. The Morgan fingerprint density at radius 1 is 1.44 bits per heavy atom. The third kappa shape index (κ3) is 2.33. The second-order valence-corrected chi connectivity index (χ2v) is 6.51. The summed E-state index contributed by atoms with van der Waals surface area (Å²) in [6.45, 7) is 1.56. The highest BCUT2D eigenvalue weighted by atomic mass is 79.9. The number of hydrogen-bond donors (Lipinski definition) is 1. The number of aromatic nitrogens is 1. The van der Waals surface area contributed by atoms with E-state index in [0.717, 1.165) is 35.5 Å². The molecule has 1 aromatic heterocycles. The van der Waals surface area contributed by atoms with E-state index in [1.807, 2.05) is 6.20 Å². The van der Waals surface area contributed by atoms with Gasteiger partial charge in [-0.3, -0.25) is 4.98 Å². The van der Waals surface area contributed by atoms with Crippen LogP contribution in [-0.4, -0.2) is 24.2 Å². The van der Waals surface area contributed by atoms with Gasteiger partial charge in [0.05, 0.1) is 6.10 Å². The molecule has 1 saturated carbocycles. The van der Waals surface area contributed by atoms with Crippen molar-refractivity contribution in [1.29, 1.82) is 0 Å². The van der Waals surface area contributed by atoms with Crippen molar-refractivity contribution >= 4 is 15.9 Å². The van der Waals surface area contributed by atoms with Crippen LogP contribution in [0.1, 0.15) is 25.0 Å². The summed E-state index contributed by atoms with van der Waals surface area (Å²) in [6.07, 6.45) is 6.84. The fourth-order valence-corrected chi connectivity index (χ4v) is 3.33. The van der Waals surface area contributed by atoms with E-state index in [1.165, 1.54) is 12.8 Å². The summed E-state index contributed by atoms with van der Waals surface area (Å²) in [5.74, 6) is 0.742. The van der Waals surface area contributed by atoms with Crippen molar-refractivity contribution < 1.29 is 4.74 Å². The standard InChI is InChI=1S/C14H19BrN2O/c15-11-3-4-12(17-8-11)7-14(9-16)5-6-18-13(14)10-1-2-10/h3-4,8,10,13H,1-2,5-7,9,16H2. The first-order chi connectivity index (χ1) is 8.73. The Morgan fingerprint density at radius 2 is 2.28 bits per heavy atom. The van der Waals surface area contributed by atoms with Gasteiger partial charge in [0.2, 0.25) is 0 Å². The molecule has 4 heteroatoms. The molecule has 2 aliphatic rings. The molecule has 3 rings (SSSR count). The minimum absolute atomic E-state index is 0.113. The lowest BCUT2D eigenvalue weighted by molar-refractivity contribution is 0.0341. The van der Waals surface area contributed by atoms with Crippen molar-refractivity contribution in [1.82, 2.24) is 4.98 Å². The predicted octanol–water partition coefficient (Wildman–Crippen LogP) is 2.53. The van der Waals surface area contributed by atoms with Crippen LogP contribution in [0.2, 0.25) is 0 Å². The van der Waals surface area contributed by atoms with E-state index in [4.69, 9.17) is 10.5 Å². The van der Waals surface area contributed by atoms with Crippen LogP contribution in [0.5, 0.6) is 0 Å². The van der Waals surface area contributed by atoms with Gasteiger partial charge in [-0.2, -0.15) is 0 Å². The molecule has 0 spiro atoms. The molecule has 0 radical (unpaired) electrons. The molecule has 98 valence electrons. The second-order valence-electron chi connectivity index (χ2n) is 5.59. The van der Waals surface area contributed by atoms with Crippen LogP contribution >= 0.6 is 15.9 Å². The topological polar surface area (TPSA) is 48.1 Å². The first-order valence-electron chi connectivity index (χ1n) is 6.66. The molecule has 2 heterocycles. The molecule has 18 heavy (non-hydrogen) atoms. The SMILES string of the molecule is NCC1(Cc2ccc(Br)cn2)CCOC1C1CC1. The normalized spacial score (nSPS) is 31.8. The van der Waals surface area contributed by atoms with E-state index in [0.29, 0.717) is 12.6 Å². The summed E-state index contributed by atoms with van der Waals surface area (Å²) in [6, 6.07) is 4.14. The van der Waals surface area contributed by atoms with Crippen LogP contribution in [0.3, 0.4) is 0 Å². The van der Waals surface area contributed by atoms with Crippen LogP contribution < -0.4 is 5.73 Å². The van der Waals surface area contributed by atoms with Gasteiger partial charge in [-0.1, -0.05) is 0 Å². The van der Waals surface area contributed by atoms with E-state index in [1.54, 1.807) is 0 Å². The average Bonchev–Trinajstić information content (AvgIpc) is 3.14. The highest BCUT2D eigenvalue weighted by Crippen LogP contribution is 2.48. The third-order valence-corrected chi connectivity index (χ3v) is 4.75. The molecule has 2 N–H and O–H groups in total. The molecule has 1 aliphatic heterocycles. The Hall–Kier alpha value is -0.450. The van der Waals surface area contributed by atoms with E-state index in [-0.39, 0.29) is 5.41 Å². The van der Waals surface area contributed by atoms with E-state index in [9.17, 15) is 0 Å². The van der Waals surface area contributed by atoms with Crippen molar-refractivity contribution in [2.75, 3.05) is 13.2 Å². The molecular formula is C14H19BrN2O. The van der Waals surface area contributed by atoms with Crippen molar-refractivity contribution in [3.05, 3.63) is 28.5 Å². The smallest absolute Gasteiger partial charge is 0.0676 e. The lowest BCUT2D eigenvalue weighted by Crippen LogP contribution is -2.41. The number of ether oxygens (including phenoxy) is 1. The summed E-state index contributed by atoms with van der Waals surface area (Å²) in [7, 11) is 0. The maximum Gasteiger partial charge on any atom is 0.0676 e. The van der Waals surface area contributed by atoms with Crippen LogP contribution in [0.15, 0.2) is 22.8 Å². The zero-order chi connectivity index (χ0) is 12.6. The molecule has 1 saturated heterocycles. The van der Waals surface area contributed by atoms with Gasteiger partial charge >= 0.3 is 0 Å². The Balaban J connectivity index is 1.80. The van der Waals surface area contributed by atoms with Gasteiger partial charge in [0.15, 0.2) is 0 Å². The van der Waals surface area contributed by atoms with Gasteiger partial charge in [-0.25, -0.2) is 0 Å². The molecule has 0 bridgehead atoms. The predicted molar refractivity (Wildman–Crippen MR) is 74.2 cm³/mol. The van der Waals surface area contributed by atoms with Gasteiger partial charge in [0.25, 0.3) is 0 Å². The largest absolute Gasteiger partial charge is 0.377 e. The number of hydrogen-bond acceptors (Lipinski definition) is 3. The Labute approximate surface area is 116 Å². The Kier molecular flexibility index (Phi) is 3.43. The van der Waals surface area contributed by atoms with Crippen molar-refractivity contribution in [3.63, 3.8) is 0 Å². The van der Waals surface area contributed by atoms with E-state index < -0.39 is 0 Å². The minimum Gasteiger partial charge on any atom is -0.377 e. The quantitative estimate of drug-likeness (QED) is 0.929. The summed E-state index contributed by atoms with van der Waals surface area (Å²) in [5, 5.41) is 0. The van der Waals surface area contributed by atoms with Gasteiger partial charge < -0.3 is 10.5 Å². The van der Waals surface area contributed by atoms with Gasteiger partial charge in [-0.05, 0) is 59.7 Å². The molecule has 0 aromatic carbocycles. The number of rotatable bonds is 4. The molecule has 2 unspecified atom stereocenters. The average molecular weight is 311 g/mol. The summed E-state index contributed by atoms with van der Waals surface area (Å²) in [5.41, 5.74) is 7.32. The monoisotopic (exact) mass is 310 g/mol. The number of nitrogens with zero attached hydrogens (tertiary/aromatic N) is 1. The molecule has 3 nitrogen and oxygen atoms in total. The van der Waals surface area contributed by atoms with Crippen LogP contribution in [0.25, 0.3) is 0 Å². The van der Waals surface area contributed by atoms with Crippen LogP contribution in [0, 0.1) is 11.3 Å². The molecule has 1 aliphatic carbocycles. The van der Waals surface area contributed by atoms with Crippen molar-refractivity contribution in [3.8, 4) is 0 Å². The van der Waals surface area contributed by atoms with Crippen LogP contribution in [0.4, 0.5) is 0 Å². The molecule has 2 fully saturated rings. The Bertz CT molecular complexity index is 418. The zero-order valence-corrected chi connectivity index (χ0v) is 12.0. The van der Waals surface area contributed by atoms with Gasteiger partial charge in [0.1, 0.15) is 0 Å². The highest BCUT2D eigenvalue weighted by molar-refractivity contribution is 9.10. The van der Waals surface area contributed by atoms with Crippen molar-refractivity contribution in [2.24, 2.45) is 17.1 Å². The fourth-order valence-electron chi connectivity index (χ4n) is 3.09. The number of nitrogens with two attached hydrogens (primary N) is 1. The maximum absolute atomic E-state index is 6.09. The molecular weight excluding hydrogens is 292 g/mol. The number of pyridine rings is 1. The van der Waals surface area contributed by atoms with Crippen LogP contribution in [-0.2, 0) is 11.2 Å². The Morgan fingerprint density at radius 3 is 2.89 bits per heavy atom. The van der Waals surface area contributed by atoms with E-state index >= 15 is 0 Å². The molecule has 0 amide bonds. The second kappa shape index (κ2) is 4.91. The number of halogens is 1. The maximum atomic E-state index is 6.09. The lowest BCUT2D eigenvalue weighted by atomic mass is 9.75. The summed E-state index contributed by atoms with van der Waals surface area (Å²) >= 11 is 3.42. The molecule has 1 aromatic rings.